The molecule has 3 aromatic heterocycles. The third kappa shape index (κ3) is 2.44. The van der Waals surface area contributed by atoms with E-state index < -0.39 is 0 Å². The maximum Gasteiger partial charge on any atom is 0.270 e. The summed E-state index contributed by atoms with van der Waals surface area (Å²) < 4.78 is 0. The first kappa shape index (κ1) is 12.2. The largest absolute Gasteiger partial charge is 0.346 e. The lowest BCUT2D eigenvalue weighted by molar-refractivity contribution is 0.0945. The molecule has 6 nitrogen and oxygen atoms in total. The zero-order chi connectivity index (χ0) is 13.9. The van der Waals surface area contributed by atoms with Crippen LogP contribution in [0.25, 0.3) is 11.0 Å². The van der Waals surface area contributed by atoms with Crippen LogP contribution in [0.2, 0.25) is 0 Å². The lowest BCUT2D eigenvalue weighted by Gasteiger charge is -2.04. The minimum Gasteiger partial charge on any atom is -0.346 e. The van der Waals surface area contributed by atoms with Gasteiger partial charge in [-0.2, -0.15) is 0 Å². The molecule has 3 heterocycles. The summed E-state index contributed by atoms with van der Waals surface area (Å²) in [7, 11) is 0. The van der Waals surface area contributed by atoms with Gasteiger partial charge < -0.3 is 15.3 Å². The van der Waals surface area contributed by atoms with Crippen molar-refractivity contribution in [3.8, 4) is 0 Å². The molecule has 0 saturated carbocycles. The summed E-state index contributed by atoms with van der Waals surface area (Å²) in [5.41, 5.74) is 1.46. The molecule has 0 aliphatic carbocycles. The third-order valence-corrected chi connectivity index (χ3v) is 2.91. The third-order valence-electron chi connectivity index (χ3n) is 2.91. The molecule has 0 aromatic carbocycles. The van der Waals surface area contributed by atoms with Crippen LogP contribution in [0.1, 0.15) is 16.2 Å². The zero-order valence-corrected chi connectivity index (χ0v) is 10.5. The molecule has 0 radical (unpaired) electrons. The number of amides is 1. The quantitative estimate of drug-likeness (QED) is 0.666. The van der Waals surface area contributed by atoms with E-state index in [0.717, 1.165) is 5.39 Å². The topological polar surface area (TPSA) is 90.6 Å². The lowest BCUT2D eigenvalue weighted by Crippen LogP contribution is -2.25. The zero-order valence-electron chi connectivity index (χ0n) is 10.5. The first-order valence-corrected chi connectivity index (χ1v) is 6.13. The average Bonchev–Trinajstić information content (AvgIpc) is 2.92. The van der Waals surface area contributed by atoms with E-state index in [1.165, 1.54) is 6.07 Å². The molecule has 20 heavy (non-hydrogen) atoms. The van der Waals surface area contributed by atoms with Crippen LogP contribution in [-0.2, 0) is 6.54 Å². The fourth-order valence-electron chi connectivity index (χ4n) is 1.92. The lowest BCUT2D eigenvalue weighted by atomic mass is 10.2. The van der Waals surface area contributed by atoms with Crippen molar-refractivity contribution in [3.63, 3.8) is 0 Å². The summed E-state index contributed by atoms with van der Waals surface area (Å²) in [5, 5.41) is 3.67. The highest BCUT2D eigenvalue weighted by atomic mass is 16.2. The standard InChI is InChI=1S/C14H12N4O2/c19-12-3-1-2-10(17-12)8-16-14(20)11-5-4-9-6-7-15-13(9)18-11/h1-7H,8H2,(H,15,18)(H,16,20)(H,17,19). The summed E-state index contributed by atoms with van der Waals surface area (Å²) in [4.78, 5) is 33.0. The maximum absolute atomic E-state index is 12.0. The molecule has 0 aliphatic rings. The van der Waals surface area contributed by atoms with E-state index >= 15 is 0 Å². The highest BCUT2D eigenvalue weighted by molar-refractivity contribution is 5.94. The smallest absolute Gasteiger partial charge is 0.270 e. The van der Waals surface area contributed by atoms with Gasteiger partial charge in [0.15, 0.2) is 0 Å². The van der Waals surface area contributed by atoms with Gasteiger partial charge in [0.05, 0.1) is 6.54 Å². The van der Waals surface area contributed by atoms with Gasteiger partial charge in [-0.25, -0.2) is 4.98 Å². The number of pyridine rings is 2. The number of nitrogens with zero attached hydrogens (tertiary/aromatic N) is 1. The van der Waals surface area contributed by atoms with Crippen LogP contribution in [0, 0.1) is 0 Å². The van der Waals surface area contributed by atoms with E-state index in [-0.39, 0.29) is 18.0 Å². The Bertz CT molecular complexity index is 819. The molecule has 0 atom stereocenters. The molecule has 3 N–H and O–H groups in total. The summed E-state index contributed by atoms with van der Waals surface area (Å²) in [5.74, 6) is -0.286. The van der Waals surface area contributed by atoms with Crippen molar-refractivity contribution in [1.82, 2.24) is 20.3 Å². The molecular weight excluding hydrogens is 256 g/mol. The van der Waals surface area contributed by atoms with Crippen molar-refractivity contribution in [2.24, 2.45) is 0 Å². The fraction of sp³-hybridized carbons (Fsp3) is 0.0714. The van der Waals surface area contributed by atoms with Crippen LogP contribution in [0.5, 0.6) is 0 Å². The van der Waals surface area contributed by atoms with E-state index in [4.69, 9.17) is 0 Å². The van der Waals surface area contributed by atoms with Crippen molar-refractivity contribution in [2.45, 2.75) is 6.54 Å². The average molecular weight is 268 g/mol. The van der Waals surface area contributed by atoms with E-state index in [1.54, 1.807) is 24.4 Å². The van der Waals surface area contributed by atoms with Crippen LogP contribution >= 0.6 is 0 Å². The van der Waals surface area contributed by atoms with Crippen molar-refractivity contribution >= 4 is 16.9 Å². The molecule has 3 rings (SSSR count). The normalized spacial score (nSPS) is 10.6. The first-order chi connectivity index (χ1) is 9.72. The molecular formula is C14H12N4O2. The van der Waals surface area contributed by atoms with Gasteiger partial charge in [0.25, 0.3) is 5.91 Å². The van der Waals surface area contributed by atoms with Gasteiger partial charge >= 0.3 is 0 Å². The van der Waals surface area contributed by atoms with E-state index in [9.17, 15) is 9.59 Å². The Hall–Kier alpha value is -2.89. The Morgan fingerprint density at radius 2 is 2.10 bits per heavy atom. The number of hydrogen-bond acceptors (Lipinski definition) is 3. The second-order valence-electron chi connectivity index (χ2n) is 4.33. The van der Waals surface area contributed by atoms with Gasteiger partial charge in [0.2, 0.25) is 5.56 Å². The monoisotopic (exact) mass is 268 g/mol. The number of H-pyrrole nitrogens is 2. The molecule has 0 bridgehead atoms. The van der Waals surface area contributed by atoms with Crippen molar-refractivity contribution in [2.75, 3.05) is 0 Å². The second-order valence-corrected chi connectivity index (χ2v) is 4.33. The van der Waals surface area contributed by atoms with Crippen molar-refractivity contribution < 1.29 is 4.79 Å². The van der Waals surface area contributed by atoms with Crippen LogP contribution in [0.4, 0.5) is 0 Å². The highest BCUT2D eigenvalue weighted by Crippen LogP contribution is 2.10. The van der Waals surface area contributed by atoms with Crippen molar-refractivity contribution in [1.29, 1.82) is 0 Å². The SMILES string of the molecule is O=C(NCc1cccc(=O)[nH]1)c1ccc2cc[nH]c2n1. The highest BCUT2D eigenvalue weighted by Gasteiger charge is 2.08. The number of carbonyl (C=O) groups excluding carboxylic acids is 1. The number of aromatic amines is 2. The molecule has 0 aliphatic heterocycles. The number of rotatable bonds is 3. The Morgan fingerprint density at radius 1 is 1.20 bits per heavy atom. The predicted octanol–water partition coefficient (Wildman–Crippen LogP) is 1.18. The van der Waals surface area contributed by atoms with Crippen LogP contribution < -0.4 is 10.9 Å². The van der Waals surface area contributed by atoms with Crippen LogP contribution in [-0.4, -0.2) is 20.9 Å². The Kier molecular flexibility index (Phi) is 3.04. The first-order valence-electron chi connectivity index (χ1n) is 6.13. The number of carbonyl (C=O) groups is 1. The summed E-state index contributed by atoms with van der Waals surface area (Å²) in [6.07, 6.45) is 1.77. The second kappa shape index (κ2) is 5.00. The van der Waals surface area contributed by atoms with Crippen LogP contribution in [0.15, 0.2) is 47.4 Å². The fourth-order valence-corrected chi connectivity index (χ4v) is 1.92. The summed E-state index contributed by atoms with van der Waals surface area (Å²) >= 11 is 0. The maximum atomic E-state index is 12.0. The van der Waals surface area contributed by atoms with E-state index in [2.05, 4.69) is 20.3 Å². The number of aromatic nitrogens is 3. The summed E-state index contributed by atoms with van der Waals surface area (Å²) in [6, 6.07) is 10.2. The minimum atomic E-state index is -0.286. The Balaban J connectivity index is 1.74. The number of hydrogen-bond donors (Lipinski definition) is 3. The van der Waals surface area contributed by atoms with Gasteiger partial charge in [0, 0.05) is 23.3 Å². The predicted molar refractivity (Wildman–Crippen MR) is 74.3 cm³/mol. The molecule has 0 spiro atoms. The molecule has 0 unspecified atom stereocenters. The molecule has 3 aromatic rings. The summed E-state index contributed by atoms with van der Waals surface area (Å²) in [6.45, 7) is 0.249. The van der Waals surface area contributed by atoms with Gasteiger partial charge in [-0.15, -0.1) is 0 Å². The number of fused-ring (bicyclic) bond motifs is 1. The van der Waals surface area contributed by atoms with E-state index in [1.807, 2.05) is 12.1 Å². The van der Waals surface area contributed by atoms with E-state index in [0.29, 0.717) is 17.0 Å². The molecule has 1 amide bonds. The molecule has 100 valence electrons. The van der Waals surface area contributed by atoms with Gasteiger partial charge in [0.1, 0.15) is 11.3 Å². The Labute approximate surface area is 113 Å². The Morgan fingerprint density at radius 3 is 2.95 bits per heavy atom. The molecule has 6 heteroatoms. The molecule has 0 saturated heterocycles. The van der Waals surface area contributed by atoms with Gasteiger partial charge in [-0.3, -0.25) is 9.59 Å². The minimum absolute atomic E-state index is 0.192. The van der Waals surface area contributed by atoms with Gasteiger partial charge in [-0.05, 0) is 24.3 Å². The van der Waals surface area contributed by atoms with Crippen molar-refractivity contribution in [3.05, 3.63) is 64.3 Å². The number of nitrogens with one attached hydrogen (secondary N) is 3. The van der Waals surface area contributed by atoms with Crippen LogP contribution in [0.3, 0.4) is 0 Å². The molecule has 0 fully saturated rings. The van der Waals surface area contributed by atoms with Gasteiger partial charge in [-0.1, -0.05) is 6.07 Å².